The van der Waals surface area contributed by atoms with Crippen LogP contribution in [0.1, 0.15) is 49.7 Å². The van der Waals surface area contributed by atoms with E-state index in [9.17, 15) is 0 Å². The van der Waals surface area contributed by atoms with Crippen molar-refractivity contribution in [3.8, 4) is 0 Å². The van der Waals surface area contributed by atoms with E-state index in [1.807, 2.05) is 0 Å². The van der Waals surface area contributed by atoms with E-state index >= 15 is 0 Å². The van der Waals surface area contributed by atoms with Crippen molar-refractivity contribution in [2.75, 3.05) is 91.6 Å². The number of rotatable bonds is 4. The highest BCUT2D eigenvalue weighted by Gasteiger charge is 2.11. The molecule has 2 aliphatic rings. The van der Waals surface area contributed by atoms with Gasteiger partial charge in [-0.2, -0.15) is 0 Å². The van der Waals surface area contributed by atoms with Gasteiger partial charge < -0.3 is 31.9 Å². The minimum Gasteiger partial charge on any atom is -0.317 e. The van der Waals surface area contributed by atoms with Crippen molar-refractivity contribution in [2.45, 2.75) is 51.5 Å². The molecular formula is C29H55N7. The predicted molar refractivity (Wildman–Crippen MR) is 154 cm³/mol. The molecule has 6 N–H and O–H groups in total. The largest absolute Gasteiger partial charge is 0.317 e. The summed E-state index contributed by atoms with van der Waals surface area (Å²) in [6, 6.07) is 9.56. The van der Waals surface area contributed by atoms with Crippen LogP contribution in [0.5, 0.6) is 0 Å². The molecule has 36 heavy (non-hydrogen) atoms. The minimum absolute atomic E-state index is 0.767. The van der Waals surface area contributed by atoms with Crippen molar-refractivity contribution in [1.82, 2.24) is 36.8 Å². The fourth-order valence-corrected chi connectivity index (χ4v) is 5.26. The molecule has 1 aromatic rings. The molecule has 206 valence electrons. The maximum absolute atomic E-state index is 3.67. The average molecular weight is 502 g/mol. The second kappa shape index (κ2) is 20.0. The second-order valence-electron chi connectivity index (χ2n) is 10.7. The normalized spacial score (nSPS) is 24.4. The van der Waals surface area contributed by atoms with Gasteiger partial charge in [0, 0.05) is 45.8 Å². The smallest absolute Gasteiger partial charge is 0.0234 e. The van der Waals surface area contributed by atoms with E-state index in [2.05, 4.69) is 61.1 Å². The van der Waals surface area contributed by atoms with Gasteiger partial charge in [-0.3, -0.25) is 4.90 Å². The highest BCUT2D eigenvalue weighted by atomic mass is 15.1. The molecule has 2 aliphatic heterocycles. The Hall–Kier alpha value is -1.06. The molecule has 0 aromatic heterocycles. The third-order valence-corrected chi connectivity index (χ3v) is 7.45. The molecule has 1 aromatic carbocycles. The van der Waals surface area contributed by atoms with E-state index in [4.69, 9.17) is 0 Å². The zero-order valence-electron chi connectivity index (χ0n) is 22.9. The van der Waals surface area contributed by atoms with Crippen LogP contribution in [0.4, 0.5) is 0 Å². The lowest BCUT2D eigenvalue weighted by Crippen LogP contribution is -2.36. The molecule has 0 spiro atoms. The summed E-state index contributed by atoms with van der Waals surface area (Å²) in [5.41, 5.74) is 2.95. The van der Waals surface area contributed by atoms with Crippen molar-refractivity contribution in [2.24, 2.45) is 5.92 Å². The van der Waals surface area contributed by atoms with Gasteiger partial charge in [-0.15, -0.1) is 0 Å². The lowest BCUT2D eigenvalue weighted by atomic mass is 9.91. The Kier molecular flexibility index (Phi) is 16.4. The molecule has 0 amide bonds. The number of hydrogen-bond donors (Lipinski definition) is 6. The number of benzene rings is 1. The van der Waals surface area contributed by atoms with Gasteiger partial charge in [-0.25, -0.2) is 0 Å². The van der Waals surface area contributed by atoms with Crippen LogP contribution in [-0.4, -0.2) is 96.5 Å². The molecule has 0 bridgehead atoms. The van der Waals surface area contributed by atoms with Crippen LogP contribution in [0.2, 0.25) is 0 Å². The van der Waals surface area contributed by atoms with E-state index in [1.165, 1.54) is 56.1 Å². The fourth-order valence-electron chi connectivity index (χ4n) is 5.26. The fraction of sp³-hybridized carbons (Fsp3) is 0.793. The summed E-state index contributed by atoms with van der Waals surface area (Å²) in [7, 11) is 0. The first kappa shape index (κ1) is 29.5. The molecular weight excluding hydrogens is 446 g/mol. The predicted octanol–water partition coefficient (Wildman–Crippen LogP) is 1.55. The lowest BCUT2D eigenvalue weighted by molar-refractivity contribution is 0.260. The SMILES string of the molecule is c1cc(CN2CCCNCCNCCCNCC2)ccc1CC1CCCNCCNCCCNCC1. The zero-order valence-corrected chi connectivity index (χ0v) is 22.9. The summed E-state index contributed by atoms with van der Waals surface area (Å²) in [6.45, 7) is 16.6. The van der Waals surface area contributed by atoms with E-state index in [1.54, 1.807) is 0 Å². The van der Waals surface area contributed by atoms with E-state index in [-0.39, 0.29) is 0 Å². The monoisotopic (exact) mass is 501 g/mol. The molecule has 0 saturated carbocycles. The topological polar surface area (TPSA) is 75.4 Å². The Balaban J connectivity index is 1.45. The Labute approximate surface area is 221 Å². The first-order valence-electron chi connectivity index (χ1n) is 14.9. The molecule has 1 atom stereocenters. The number of hydrogen-bond acceptors (Lipinski definition) is 7. The summed E-state index contributed by atoms with van der Waals surface area (Å²) in [6.07, 6.45) is 8.70. The molecule has 7 nitrogen and oxygen atoms in total. The third kappa shape index (κ3) is 14.0. The standard InChI is InChI=1S/C29H55N7/c1-5-27(10-17-30-12-2-13-32-19-18-31-11-1)25-28-6-8-29(9-7-28)26-36-23-4-16-34-21-20-33-14-3-15-35-22-24-36/h6-9,27,30-35H,1-5,10-26H2. The maximum Gasteiger partial charge on any atom is 0.0234 e. The zero-order chi connectivity index (χ0) is 24.9. The molecule has 0 radical (unpaired) electrons. The van der Waals surface area contributed by atoms with Crippen LogP contribution < -0.4 is 31.9 Å². The molecule has 1 unspecified atom stereocenters. The first-order chi connectivity index (χ1) is 17.9. The van der Waals surface area contributed by atoms with Crippen molar-refractivity contribution in [3.05, 3.63) is 35.4 Å². The van der Waals surface area contributed by atoms with Gasteiger partial charge in [-0.05, 0) is 114 Å². The summed E-state index contributed by atoms with van der Waals surface area (Å²) in [5.74, 6) is 0.767. The van der Waals surface area contributed by atoms with Crippen molar-refractivity contribution < 1.29 is 0 Å². The van der Waals surface area contributed by atoms with E-state index in [0.717, 1.165) is 104 Å². The molecule has 3 rings (SSSR count). The lowest BCUT2D eigenvalue weighted by Gasteiger charge is -2.23. The number of nitrogens with one attached hydrogen (secondary N) is 6. The van der Waals surface area contributed by atoms with E-state index in [0.29, 0.717) is 0 Å². The molecule has 2 fully saturated rings. The molecule has 7 heteroatoms. The highest BCUT2D eigenvalue weighted by Crippen LogP contribution is 2.19. The summed E-state index contributed by atoms with van der Waals surface area (Å²) in [4.78, 5) is 2.62. The van der Waals surface area contributed by atoms with Crippen molar-refractivity contribution >= 4 is 0 Å². The van der Waals surface area contributed by atoms with Crippen LogP contribution in [0.15, 0.2) is 24.3 Å². The quantitative estimate of drug-likeness (QED) is 0.374. The van der Waals surface area contributed by atoms with Crippen LogP contribution in [0.25, 0.3) is 0 Å². The summed E-state index contributed by atoms with van der Waals surface area (Å²) >= 11 is 0. The van der Waals surface area contributed by atoms with Gasteiger partial charge in [0.1, 0.15) is 0 Å². The van der Waals surface area contributed by atoms with Crippen molar-refractivity contribution in [1.29, 1.82) is 0 Å². The molecule has 0 aliphatic carbocycles. The third-order valence-electron chi connectivity index (χ3n) is 7.45. The van der Waals surface area contributed by atoms with Gasteiger partial charge >= 0.3 is 0 Å². The van der Waals surface area contributed by atoms with Crippen LogP contribution in [-0.2, 0) is 13.0 Å². The van der Waals surface area contributed by atoms with Crippen LogP contribution in [0.3, 0.4) is 0 Å². The Morgan fingerprint density at radius 2 is 1.03 bits per heavy atom. The molecule has 2 saturated heterocycles. The summed E-state index contributed by atoms with van der Waals surface area (Å²) in [5, 5.41) is 21.5. The second-order valence-corrected chi connectivity index (χ2v) is 10.7. The minimum atomic E-state index is 0.767. The van der Waals surface area contributed by atoms with Gasteiger partial charge in [0.15, 0.2) is 0 Å². The highest BCUT2D eigenvalue weighted by molar-refractivity contribution is 5.23. The Morgan fingerprint density at radius 1 is 0.500 bits per heavy atom. The van der Waals surface area contributed by atoms with Crippen molar-refractivity contribution in [3.63, 3.8) is 0 Å². The van der Waals surface area contributed by atoms with Gasteiger partial charge in [0.05, 0.1) is 0 Å². The van der Waals surface area contributed by atoms with Crippen LogP contribution in [0, 0.1) is 5.92 Å². The Bertz CT molecular complexity index is 556. The molecule has 2 heterocycles. The van der Waals surface area contributed by atoms with Gasteiger partial charge in [-0.1, -0.05) is 24.3 Å². The first-order valence-corrected chi connectivity index (χ1v) is 14.9. The van der Waals surface area contributed by atoms with E-state index < -0.39 is 0 Å². The number of nitrogens with zero attached hydrogens (tertiary/aromatic N) is 1. The van der Waals surface area contributed by atoms with Gasteiger partial charge in [0.25, 0.3) is 0 Å². The average Bonchev–Trinajstić information content (AvgIpc) is 2.89. The Morgan fingerprint density at radius 3 is 1.69 bits per heavy atom. The van der Waals surface area contributed by atoms with Crippen LogP contribution >= 0.6 is 0 Å². The maximum atomic E-state index is 3.67. The van der Waals surface area contributed by atoms with Gasteiger partial charge in [0.2, 0.25) is 0 Å². The summed E-state index contributed by atoms with van der Waals surface area (Å²) < 4.78 is 0.